The van der Waals surface area contributed by atoms with E-state index in [0.717, 1.165) is 18.4 Å². The van der Waals surface area contributed by atoms with Gasteiger partial charge in [0.15, 0.2) is 11.5 Å². The molecule has 0 radical (unpaired) electrons. The fourth-order valence-corrected chi connectivity index (χ4v) is 3.14. The third-order valence-electron chi connectivity index (χ3n) is 3.52. The fourth-order valence-electron chi connectivity index (χ4n) is 2.84. The molecule has 120 valence electrons. The van der Waals surface area contributed by atoms with Crippen molar-refractivity contribution in [2.75, 3.05) is 14.2 Å². The van der Waals surface area contributed by atoms with Crippen LogP contribution < -0.4 is 15.2 Å². The molecule has 1 rings (SSSR count). The van der Waals surface area contributed by atoms with Gasteiger partial charge in [0.05, 0.1) is 14.2 Å². The topological polar surface area (TPSA) is 44.5 Å². The summed E-state index contributed by atoms with van der Waals surface area (Å²) in [7, 11) is 3.21. The van der Waals surface area contributed by atoms with Crippen molar-refractivity contribution in [3.05, 3.63) is 22.7 Å². The van der Waals surface area contributed by atoms with Crippen LogP contribution in [0.3, 0.4) is 0 Å². The van der Waals surface area contributed by atoms with Crippen molar-refractivity contribution in [2.45, 2.75) is 46.6 Å². The molecule has 0 aliphatic carbocycles. The summed E-state index contributed by atoms with van der Waals surface area (Å²) in [6, 6.07) is 3.55. The molecule has 2 unspecified atom stereocenters. The van der Waals surface area contributed by atoms with Gasteiger partial charge in [0.2, 0.25) is 0 Å². The lowest BCUT2D eigenvalue weighted by atomic mass is 9.82. The summed E-state index contributed by atoms with van der Waals surface area (Å²) in [6.07, 6.45) is 2.03. The number of benzene rings is 1. The molecule has 21 heavy (non-hydrogen) atoms. The monoisotopic (exact) mass is 313 g/mol. The van der Waals surface area contributed by atoms with E-state index in [0.29, 0.717) is 27.9 Å². The Morgan fingerprint density at radius 2 is 1.67 bits per heavy atom. The molecule has 2 N–H and O–H groups in total. The second-order valence-electron chi connectivity index (χ2n) is 6.94. The first-order chi connectivity index (χ1) is 9.67. The maximum absolute atomic E-state index is 6.35. The molecule has 0 heterocycles. The predicted molar refractivity (Wildman–Crippen MR) is 89.3 cm³/mol. The van der Waals surface area contributed by atoms with Gasteiger partial charge in [-0.2, -0.15) is 0 Å². The minimum atomic E-state index is -0.102. The lowest BCUT2D eigenvalue weighted by Crippen LogP contribution is -2.18. The summed E-state index contributed by atoms with van der Waals surface area (Å²) in [4.78, 5) is 0. The van der Waals surface area contributed by atoms with Crippen LogP contribution in [0, 0.1) is 11.3 Å². The van der Waals surface area contributed by atoms with Crippen LogP contribution in [0.4, 0.5) is 0 Å². The SMILES string of the molecule is COc1cc(Cl)c(C(N)CC(C)CC(C)(C)C)cc1OC. The molecule has 0 saturated heterocycles. The molecule has 0 amide bonds. The van der Waals surface area contributed by atoms with Crippen LogP contribution in [-0.4, -0.2) is 14.2 Å². The highest BCUT2D eigenvalue weighted by Gasteiger charge is 2.21. The average molecular weight is 314 g/mol. The third-order valence-corrected chi connectivity index (χ3v) is 3.85. The normalized spacial score (nSPS) is 14.7. The van der Waals surface area contributed by atoms with Crippen LogP contribution in [0.2, 0.25) is 5.02 Å². The van der Waals surface area contributed by atoms with Gasteiger partial charge >= 0.3 is 0 Å². The van der Waals surface area contributed by atoms with E-state index >= 15 is 0 Å². The third kappa shape index (κ3) is 5.40. The number of methoxy groups -OCH3 is 2. The summed E-state index contributed by atoms with van der Waals surface area (Å²) in [6.45, 7) is 8.98. The Bertz CT molecular complexity index is 469. The van der Waals surface area contributed by atoms with Crippen molar-refractivity contribution in [1.82, 2.24) is 0 Å². The lowest BCUT2D eigenvalue weighted by Gasteiger charge is -2.26. The highest BCUT2D eigenvalue weighted by molar-refractivity contribution is 6.31. The Morgan fingerprint density at radius 1 is 1.14 bits per heavy atom. The van der Waals surface area contributed by atoms with Crippen LogP contribution in [-0.2, 0) is 0 Å². The summed E-state index contributed by atoms with van der Waals surface area (Å²) in [5.74, 6) is 1.82. The average Bonchev–Trinajstić information content (AvgIpc) is 2.35. The minimum absolute atomic E-state index is 0.102. The zero-order chi connectivity index (χ0) is 16.2. The first kappa shape index (κ1) is 18.1. The maximum atomic E-state index is 6.35. The molecular weight excluding hydrogens is 286 g/mol. The first-order valence-corrected chi connectivity index (χ1v) is 7.72. The Hall–Kier alpha value is -0.930. The van der Waals surface area contributed by atoms with Gasteiger partial charge in [-0.3, -0.25) is 0 Å². The molecule has 0 bridgehead atoms. The van der Waals surface area contributed by atoms with Crippen molar-refractivity contribution in [3.8, 4) is 11.5 Å². The van der Waals surface area contributed by atoms with Crippen molar-refractivity contribution in [3.63, 3.8) is 0 Å². The van der Waals surface area contributed by atoms with Crippen molar-refractivity contribution in [1.29, 1.82) is 0 Å². The molecule has 0 spiro atoms. The number of hydrogen-bond donors (Lipinski definition) is 1. The molecular formula is C17H28ClNO2. The quantitative estimate of drug-likeness (QED) is 0.819. The molecule has 0 aromatic heterocycles. The van der Waals surface area contributed by atoms with Gasteiger partial charge in [0.1, 0.15) is 0 Å². The fraction of sp³-hybridized carbons (Fsp3) is 0.647. The summed E-state index contributed by atoms with van der Waals surface area (Å²) >= 11 is 6.33. The Kier molecular flexibility index (Phi) is 6.36. The zero-order valence-corrected chi connectivity index (χ0v) is 14.8. The molecule has 1 aromatic carbocycles. The van der Waals surface area contributed by atoms with Crippen molar-refractivity contribution in [2.24, 2.45) is 17.1 Å². The van der Waals surface area contributed by atoms with Crippen LogP contribution in [0.15, 0.2) is 12.1 Å². The van der Waals surface area contributed by atoms with E-state index in [4.69, 9.17) is 26.8 Å². The van der Waals surface area contributed by atoms with Crippen molar-refractivity contribution < 1.29 is 9.47 Å². The number of rotatable bonds is 6. The number of halogens is 1. The maximum Gasteiger partial charge on any atom is 0.162 e. The second-order valence-corrected chi connectivity index (χ2v) is 7.35. The van der Waals surface area contributed by atoms with Crippen LogP contribution >= 0.6 is 11.6 Å². The number of hydrogen-bond acceptors (Lipinski definition) is 3. The first-order valence-electron chi connectivity index (χ1n) is 7.35. The molecule has 0 aliphatic rings. The minimum Gasteiger partial charge on any atom is -0.493 e. The summed E-state index contributed by atoms with van der Waals surface area (Å²) < 4.78 is 10.6. The van der Waals surface area contributed by atoms with Crippen molar-refractivity contribution >= 4 is 11.6 Å². The second kappa shape index (κ2) is 7.37. The van der Waals surface area contributed by atoms with E-state index < -0.39 is 0 Å². The van der Waals surface area contributed by atoms with E-state index in [1.165, 1.54) is 0 Å². The Morgan fingerprint density at radius 3 is 2.14 bits per heavy atom. The smallest absolute Gasteiger partial charge is 0.162 e. The largest absolute Gasteiger partial charge is 0.493 e. The van der Waals surface area contributed by atoms with E-state index in [1.54, 1.807) is 20.3 Å². The van der Waals surface area contributed by atoms with E-state index in [2.05, 4.69) is 27.7 Å². The number of nitrogens with two attached hydrogens (primary N) is 1. The van der Waals surface area contributed by atoms with Gasteiger partial charge in [0.25, 0.3) is 0 Å². The molecule has 2 atom stereocenters. The summed E-state index contributed by atoms with van der Waals surface area (Å²) in [5, 5.41) is 0.628. The van der Waals surface area contributed by atoms with Gasteiger partial charge in [-0.25, -0.2) is 0 Å². The molecule has 1 aromatic rings. The van der Waals surface area contributed by atoms with Crippen LogP contribution in [0.5, 0.6) is 11.5 Å². The lowest BCUT2D eigenvalue weighted by molar-refractivity contribution is 0.286. The van der Waals surface area contributed by atoms with E-state index in [-0.39, 0.29) is 6.04 Å². The molecule has 0 fully saturated rings. The Labute approximate surface area is 133 Å². The molecule has 0 aliphatic heterocycles. The van der Waals surface area contributed by atoms with E-state index in [1.807, 2.05) is 6.07 Å². The molecule has 3 nitrogen and oxygen atoms in total. The number of ether oxygens (including phenoxy) is 2. The van der Waals surface area contributed by atoms with Gasteiger partial charge in [-0.1, -0.05) is 39.3 Å². The highest BCUT2D eigenvalue weighted by Crippen LogP contribution is 2.37. The van der Waals surface area contributed by atoms with Gasteiger partial charge in [-0.05, 0) is 35.8 Å². The van der Waals surface area contributed by atoms with Crippen LogP contribution in [0.1, 0.15) is 52.1 Å². The van der Waals surface area contributed by atoms with Gasteiger partial charge in [0, 0.05) is 17.1 Å². The summed E-state index contributed by atoms with van der Waals surface area (Å²) in [5.41, 5.74) is 7.57. The van der Waals surface area contributed by atoms with Gasteiger partial charge < -0.3 is 15.2 Å². The Balaban J connectivity index is 2.89. The molecule has 4 heteroatoms. The molecule has 0 saturated carbocycles. The zero-order valence-electron chi connectivity index (χ0n) is 14.0. The predicted octanol–water partition coefficient (Wildman–Crippen LogP) is 4.82. The standard InChI is InChI=1S/C17H28ClNO2/c1-11(10-17(2,3)4)7-14(19)12-8-15(20-5)16(21-6)9-13(12)18/h8-9,11,14H,7,10,19H2,1-6H3. The van der Waals surface area contributed by atoms with E-state index in [9.17, 15) is 0 Å². The van der Waals surface area contributed by atoms with Crippen LogP contribution in [0.25, 0.3) is 0 Å². The highest BCUT2D eigenvalue weighted by atomic mass is 35.5. The van der Waals surface area contributed by atoms with Gasteiger partial charge in [-0.15, -0.1) is 0 Å².